The van der Waals surface area contributed by atoms with Crippen molar-refractivity contribution in [3.63, 3.8) is 0 Å². The third kappa shape index (κ3) is 4.05. The molecule has 8 nitrogen and oxygen atoms in total. The van der Waals surface area contributed by atoms with Crippen molar-refractivity contribution in [1.29, 1.82) is 0 Å². The van der Waals surface area contributed by atoms with Crippen LogP contribution in [-0.4, -0.2) is 62.6 Å². The monoisotopic (exact) mass is 369 g/mol. The standard InChI is InChI=1S/C19H23N5O3/c1-14-9-21-11-17(23-14)26-6-2-15-3-7-27-19(8-15)12-24(13-19)18(25)16-10-20-4-5-22-16/h4-5,9-11,15H,2-3,6-8,12-13H2,1H3/t15-/m1/s1. The van der Waals surface area contributed by atoms with E-state index < -0.39 is 0 Å². The van der Waals surface area contributed by atoms with Crippen molar-refractivity contribution in [1.82, 2.24) is 24.8 Å². The van der Waals surface area contributed by atoms with E-state index >= 15 is 0 Å². The molecule has 2 aromatic heterocycles. The van der Waals surface area contributed by atoms with Gasteiger partial charge >= 0.3 is 0 Å². The number of aromatic nitrogens is 4. The molecule has 0 aromatic carbocycles. The largest absolute Gasteiger partial charge is 0.477 e. The number of carbonyl (C=O) groups excluding carboxylic acids is 1. The van der Waals surface area contributed by atoms with Gasteiger partial charge < -0.3 is 14.4 Å². The van der Waals surface area contributed by atoms with E-state index in [9.17, 15) is 4.79 Å². The maximum atomic E-state index is 12.4. The second-order valence-electron chi connectivity index (χ2n) is 7.28. The average molecular weight is 369 g/mol. The number of aryl methyl sites for hydroxylation is 1. The Kier molecular flexibility index (Phi) is 4.98. The third-order valence-corrected chi connectivity index (χ3v) is 5.13. The third-order valence-electron chi connectivity index (χ3n) is 5.13. The van der Waals surface area contributed by atoms with Gasteiger partial charge in [0.2, 0.25) is 5.88 Å². The van der Waals surface area contributed by atoms with Crippen molar-refractivity contribution < 1.29 is 14.3 Å². The lowest BCUT2D eigenvalue weighted by atomic mass is 9.79. The van der Waals surface area contributed by atoms with Gasteiger partial charge in [-0.2, -0.15) is 0 Å². The normalized spacial score (nSPS) is 20.9. The summed E-state index contributed by atoms with van der Waals surface area (Å²) in [5.41, 5.74) is 1.01. The zero-order valence-electron chi connectivity index (χ0n) is 15.4. The molecule has 4 rings (SSSR count). The molecule has 2 aromatic rings. The van der Waals surface area contributed by atoms with Gasteiger partial charge in [0.15, 0.2) is 0 Å². The maximum Gasteiger partial charge on any atom is 0.274 e. The van der Waals surface area contributed by atoms with Crippen LogP contribution in [0.3, 0.4) is 0 Å². The molecule has 2 aliphatic heterocycles. The second kappa shape index (κ2) is 7.56. The summed E-state index contributed by atoms with van der Waals surface area (Å²) in [5, 5.41) is 0. The van der Waals surface area contributed by atoms with Crippen molar-refractivity contribution in [2.45, 2.75) is 31.8 Å². The summed E-state index contributed by atoms with van der Waals surface area (Å²) in [5.74, 6) is 1.01. The first-order valence-corrected chi connectivity index (χ1v) is 9.24. The van der Waals surface area contributed by atoms with E-state index in [2.05, 4.69) is 19.9 Å². The van der Waals surface area contributed by atoms with Crippen LogP contribution in [-0.2, 0) is 4.74 Å². The highest BCUT2D eigenvalue weighted by Gasteiger charge is 2.49. The van der Waals surface area contributed by atoms with Crippen molar-refractivity contribution in [3.05, 3.63) is 42.4 Å². The zero-order chi connectivity index (χ0) is 18.7. The summed E-state index contributed by atoms with van der Waals surface area (Å²) in [6.45, 7) is 4.46. The molecule has 2 aliphatic rings. The van der Waals surface area contributed by atoms with E-state index in [4.69, 9.17) is 9.47 Å². The predicted octanol–water partition coefficient (Wildman–Crippen LogP) is 1.67. The predicted molar refractivity (Wildman–Crippen MR) is 96.2 cm³/mol. The molecule has 0 bridgehead atoms. The lowest BCUT2D eigenvalue weighted by Crippen LogP contribution is -2.66. The smallest absolute Gasteiger partial charge is 0.274 e. The Morgan fingerprint density at radius 3 is 2.96 bits per heavy atom. The van der Waals surface area contributed by atoms with Crippen LogP contribution in [0.5, 0.6) is 5.88 Å². The van der Waals surface area contributed by atoms with Crippen LogP contribution in [0, 0.1) is 12.8 Å². The second-order valence-corrected chi connectivity index (χ2v) is 7.28. The molecular weight excluding hydrogens is 346 g/mol. The fraction of sp³-hybridized carbons (Fsp3) is 0.526. The lowest BCUT2D eigenvalue weighted by Gasteiger charge is -2.53. The SMILES string of the molecule is Cc1cncc(OCC[C@@H]2CCOC3(C2)CN(C(=O)c2cnccn2)C3)n1. The number of nitrogens with zero attached hydrogens (tertiary/aromatic N) is 5. The van der Waals surface area contributed by atoms with Crippen molar-refractivity contribution >= 4 is 5.91 Å². The summed E-state index contributed by atoms with van der Waals surface area (Å²) >= 11 is 0. The van der Waals surface area contributed by atoms with E-state index in [0.717, 1.165) is 31.6 Å². The van der Waals surface area contributed by atoms with Crippen LogP contribution in [0.15, 0.2) is 31.0 Å². The molecule has 2 saturated heterocycles. The summed E-state index contributed by atoms with van der Waals surface area (Å²) in [7, 11) is 0. The quantitative estimate of drug-likeness (QED) is 0.792. The van der Waals surface area contributed by atoms with Gasteiger partial charge in [-0.1, -0.05) is 0 Å². The van der Waals surface area contributed by atoms with Gasteiger partial charge in [0.1, 0.15) is 11.3 Å². The highest BCUT2D eigenvalue weighted by atomic mass is 16.5. The average Bonchev–Trinajstić information content (AvgIpc) is 2.66. The zero-order valence-corrected chi connectivity index (χ0v) is 15.4. The Balaban J connectivity index is 1.26. The molecule has 0 aliphatic carbocycles. The Labute approximate surface area is 158 Å². The number of rotatable bonds is 5. The molecule has 142 valence electrons. The summed E-state index contributed by atoms with van der Waals surface area (Å²) < 4.78 is 11.8. The number of carbonyl (C=O) groups is 1. The number of hydrogen-bond acceptors (Lipinski definition) is 7. The Morgan fingerprint density at radius 1 is 1.30 bits per heavy atom. The molecule has 1 atom stereocenters. The molecule has 0 N–H and O–H groups in total. The molecule has 1 amide bonds. The van der Waals surface area contributed by atoms with Crippen LogP contribution < -0.4 is 4.74 Å². The van der Waals surface area contributed by atoms with Crippen LogP contribution >= 0.6 is 0 Å². The van der Waals surface area contributed by atoms with Gasteiger partial charge in [-0.15, -0.1) is 0 Å². The van der Waals surface area contributed by atoms with Crippen LogP contribution in [0.4, 0.5) is 0 Å². The van der Waals surface area contributed by atoms with Gasteiger partial charge in [0, 0.05) is 25.2 Å². The minimum Gasteiger partial charge on any atom is -0.477 e. The fourth-order valence-electron chi connectivity index (χ4n) is 3.80. The van der Waals surface area contributed by atoms with Crippen molar-refractivity contribution in [2.24, 2.45) is 5.92 Å². The van der Waals surface area contributed by atoms with Gasteiger partial charge in [-0.05, 0) is 32.1 Å². The topological polar surface area (TPSA) is 90.3 Å². The van der Waals surface area contributed by atoms with E-state index in [1.165, 1.54) is 12.4 Å². The number of likely N-dealkylation sites (tertiary alicyclic amines) is 1. The van der Waals surface area contributed by atoms with Gasteiger partial charge in [0.05, 0.1) is 37.8 Å². The Morgan fingerprint density at radius 2 is 2.19 bits per heavy atom. The Bertz CT molecular complexity index is 795. The van der Waals surface area contributed by atoms with E-state index in [1.54, 1.807) is 23.5 Å². The van der Waals surface area contributed by atoms with E-state index in [1.807, 2.05) is 6.92 Å². The molecule has 2 fully saturated rings. The molecule has 4 heterocycles. The number of ether oxygens (including phenoxy) is 2. The van der Waals surface area contributed by atoms with Gasteiger partial charge in [-0.25, -0.2) is 9.97 Å². The maximum absolute atomic E-state index is 12.4. The lowest BCUT2D eigenvalue weighted by molar-refractivity contribution is -0.166. The summed E-state index contributed by atoms with van der Waals surface area (Å²) in [6, 6.07) is 0. The van der Waals surface area contributed by atoms with E-state index in [-0.39, 0.29) is 11.5 Å². The van der Waals surface area contributed by atoms with Crippen LogP contribution in [0.2, 0.25) is 0 Å². The summed E-state index contributed by atoms with van der Waals surface area (Å²) in [6.07, 6.45) is 10.9. The molecule has 0 radical (unpaired) electrons. The van der Waals surface area contributed by atoms with Crippen molar-refractivity contribution in [3.8, 4) is 5.88 Å². The minimum absolute atomic E-state index is 0.0826. The number of hydrogen-bond donors (Lipinski definition) is 0. The molecule has 27 heavy (non-hydrogen) atoms. The van der Waals surface area contributed by atoms with Gasteiger partial charge in [0.25, 0.3) is 5.91 Å². The highest BCUT2D eigenvalue weighted by Crippen LogP contribution is 2.38. The fourth-order valence-corrected chi connectivity index (χ4v) is 3.80. The molecule has 8 heteroatoms. The first-order chi connectivity index (χ1) is 13.1. The summed E-state index contributed by atoms with van der Waals surface area (Å²) in [4.78, 5) is 30.7. The number of amides is 1. The highest BCUT2D eigenvalue weighted by molar-refractivity contribution is 5.92. The first-order valence-electron chi connectivity index (χ1n) is 9.24. The first kappa shape index (κ1) is 17.8. The molecule has 1 spiro atoms. The van der Waals surface area contributed by atoms with Crippen LogP contribution in [0.1, 0.15) is 35.4 Å². The van der Waals surface area contributed by atoms with Gasteiger partial charge in [-0.3, -0.25) is 14.8 Å². The van der Waals surface area contributed by atoms with E-state index in [0.29, 0.717) is 37.2 Å². The molecule has 0 unspecified atom stereocenters. The minimum atomic E-state index is -0.218. The van der Waals surface area contributed by atoms with Crippen molar-refractivity contribution in [2.75, 3.05) is 26.3 Å². The molecular formula is C19H23N5O3. The Hall–Kier alpha value is -2.61. The molecule has 0 saturated carbocycles. The van der Waals surface area contributed by atoms with Crippen LogP contribution in [0.25, 0.3) is 0 Å².